The maximum Gasteiger partial charge on any atom is 0.269 e. The predicted octanol–water partition coefficient (Wildman–Crippen LogP) is 3.08. The van der Waals surface area contributed by atoms with Crippen LogP contribution in [0.2, 0.25) is 10.0 Å². The number of fused-ring (bicyclic) bond motifs is 1. The summed E-state index contributed by atoms with van der Waals surface area (Å²) >= 11 is 12.5. The Balaban J connectivity index is 1.83. The minimum absolute atomic E-state index is 0.0590. The van der Waals surface area contributed by atoms with Crippen LogP contribution in [0.5, 0.6) is 0 Å². The molecule has 1 aliphatic rings. The number of amides is 3. The summed E-state index contributed by atoms with van der Waals surface area (Å²) in [6.07, 6.45) is -0.315. The number of sulfonamides is 1. The van der Waals surface area contributed by atoms with Crippen molar-refractivity contribution in [3.63, 3.8) is 0 Å². The molecule has 1 heterocycles. The van der Waals surface area contributed by atoms with Crippen LogP contribution in [0.25, 0.3) is 0 Å². The molecule has 1 unspecified atom stereocenters. The topological polar surface area (TPSA) is 104 Å². The van der Waals surface area contributed by atoms with Crippen molar-refractivity contribution in [1.82, 2.24) is 14.5 Å². The maximum absolute atomic E-state index is 13.2. The third-order valence-electron chi connectivity index (χ3n) is 5.35. The van der Waals surface area contributed by atoms with E-state index in [1.165, 1.54) is 23.1 Å². The van der Waals surface area contributed by atoms with E-state index in [1.807, 2.05) is 0 Å². The average Bonchev–Trinajstić information content (AvgIpc) is 2.97. The van der Waals surface area contributed by atoms with E-state index in [9.17, 15) is 22.8 Å². The Kier molecular flexibility index (Phi) is 7.66. The molecule has 33 heavy (non-hydrogen) atoms. The minimum atomic E-state index is -4.04. The summed E-state index contributed by atoms with van der Waals surface area (Å²) in [7, 11) is -4.04. The number of likely N-dealkylation sites (N-methyl/N-ethyl adjacent to an activating group) is 1. The van der Waals surface area contributed by atoms with Gasteiger partial charge < -0.3 is 10.2 Å². The van der Waals surface area contributed by atoms with Gasteiger partial charge in [0.2, 0.25) is 11.8 Å². The lowest BCUT2D eigenvalue weighted by molar-refractivity contribution is -0.140. The Morgan fingerprint density at radius 3 is 2.33 bits per heavy atom. The van der Waals surface area contributed by atoms with Crippen LogP contribution in [0.4, 0.5) is 0 Å². The van der Waals surface area contributed by atoms with Crippen molar-refractivity contribution in [3.8, 4) is 0 Å². The monoisotopic (exact) mass is 511 g/mol. The summed E-state index contributed by atoms with van der Waals surface area (Å²) in [6.45, 7) is 3.27. The lowest BCUT2D eigenvalue weighted by Gasteiger charge is -2.30. The largest absolute Gasteiger partial charge is 0.355 e. The first-order valence-electron chi connectivity index (χ1n) is 10.3. The Labute approximate surface area is 202 Å². The van der Waals surface area contributed by atoms with Crippen LogP contribution < -0.4 is 5.32 Å². The average molecular weight is 512 g/mol. The first kappa shape index (κ1) is 25.0. The molecule has 0 saturated carbocycles. The van der Waals surface area contributed by atoms with Gasteiger partial charge in [0, 0.05) is 41.7 Å². The van der Waals surface area contributed by atoms with Crippen molar-refractivity contribution >= 4 is 50.9 Å². The summed E-state index contributed by atoms with van der Waals surface area (Å²) in [5.74, 6) is -1.59. The van der Waals surface area contributed by atoms with Gasteiger partial charge in [-0.3, -0.25) is 14.4 Å². The smallest absolute Gasteiger partial charge is 0.269 e. The number of carbonyl (C=O) groups excluding carboxylic acids is 3. The van der Waals surface area contributed by atoms with E-state index in [-0.39, 0.29) is 35.9 Å². The lowest BCUT2D eigenvalue weighted by atomic mass is 10.1. The van der Waals surface area contributed by atoms with Crippen LogP contribution in [-0.4, -0.2) is 54.5 Å². The zero-order chi connectivity index (χ0) is 24.3. The van der Waals surface area contributed by atoms with E-state index >= 15 is 0 Å². The van der Waals surface area contributed by atoms with Gasteiger partial charge in [-0.15, -0.1) is 0 Å². The van der Waals surface area contributed by atoms with Gasteiger partial charge in [0.15, 0.2) is 0 Å². The molecule has 0 fully saturated rings. The number of hydrogen-bond donors (Lipinski definition) is 1. The van der Waals surface area contributed by atoms with E-state index in [1.54, 1.807) is 38.1 Å². The van der Waals surface area contributed by atoms with Gasteiger partial charge in [0.05, 0.1) is 5.56 Å². The fourth-order valence-electron chi connectivity index (χ4n) is 3.55. The molecule has 11 heteroatoms. The Bertz CT molecular complexity index is 1180. The Morgan fingerprint density at radius 2 is 1.73 bits per heavy atom. The van der Waals surface area contributed by atoms with Gasteiger partial charge in [0.25, 0.3) is 15.9 Å². The summed E-state index contributed by atoms with van der Waals surface area (Å²) in [5, 5.41) is 3.33. The fourth-order valence-corrected chi connectivity index (χ4v) is 5.64. The van der Waals surface area contributed by atoms with E-state index in [4.69, 9.17) is 23.2 Å². The third-order valence-corrected chi connectivity index (χ3v) is 7.90. The fraction of sp³-hybridized carbons (Fsp3) is 0.318. The highest BCUT2D eigenvalue weighted by molar-refractivity contribution is 7.90. The molecule has 1 atom stereocenters. The van der Waals surface area contributed by atoms with Crippen LogP contribution in [0, 0.1) is 0 Å². The van der Waals surface area contributed by atoms with E-state index in [2.05, 4.69) is 5.32 Å². The molecule has 3 amide bonds. The van der Waals surface area contributed by atoms with Crippen LogP contribution in [-0.2, 0) is 26.2 Å². The van der Waals surface area contributed by atoms with Crippen molar-refractivity contribution in [2.75, 3.05) is 13.1 Å². The standard InChI is InChI=1S/C22H23Cl2N3O5S/c1-3-25-21(29)14(2)26(13-16-17(23)8-6-9-18(16)24)20(28)11-12-27-22(30)15-7-4-5-10-19(15)33(27,31)32/h4-10,14H,3,11-13H2,1-2H3,(H,25,29). The second-order valence-electron chi connectivity index (χ2n) is 7.42. The third kappa shape index (κ3) is 5.00. The molecule has 0 radical (unpaired) electrons. The van der Waals surface area contributed by atoms with Gasteiger partial charge >= 0.3 is 0 Å². The molecule has 3 rings (SSSR count). The molecule has 0 aliphatic carbocycles. The number of hydrogen-bond acceptors (Lipinski definition) is 5. The number of nitrogens with zero attached hydrogens (tertiary/aromatic N) is 2. The summed E-state index contributed by atoms with van der Waals surface area (Å²) < 4.78 is 26.2. The summed E-state index contributed by atoms with van der Waals surface area (Å²) in [4.78, 5) is 39.5. The highest BCUT2D eigenvalue weighted by Gasteiger charge is 2.41. The normalized spacial score (nSPS) is 15.2. The first-order chi connectivity index (χ1) is 15.6. The van der Waals surface area contributed by atoms with Gasteiger partial charge in [-0.2, -0.15) is 0 Å². The molecule has 0 saturated heterocycles. The second-order valence-corrected chi connectivity index (χ2v) is 10.1. The van der Waals surface area contributed by atoms with Crippen molar-refractivity contribution in [1.29, 1.82) is 0 Å². The van der Waals surface area contributed by atoms with Crippen molar-refractivity contribution in [3.05, 3.63) is 63.6 Å². The number of benzene rings is 2. The molecule has 1 aliphatic heterocycles. The van der Waals surface area contributed by atoms with Crippen molar-refractivity contribution < 1.29 is 22.8 Å². The summed E-state index contributed by atoms with van der Waals surface area (Å²) in [6, 6.07) is 9.91. The Morgan fingerprint density at radius 1 is 1.09 bits per heavy atom. The maximum atomic E-state index is 13.2. The Hall–Kier alpha value is -2.62. The molecule has 2 aromatic carbocycles. The van der Waals surface area contributed by atoms with E-state index in [0.717, 1.165) is 0 Å². The molecule has 8 nitrogen and oxygen atoms in total. The van der Waals surface area contributed by atoms with Crippen LogP contribution in [0.1, 0.15) is 36.2 Å². The molecule has 1 N–H and O–H groups in total. The number of carbonyl (C=O) groups is 3. The van der Waals surface area contributed by atoms with Crippen LogP contribution >= 0.6 is 23.2 Å². The van der Waals surface area contributed by atoms with Gasteiger partial charge in [-0.05, 0) is 38.1 Å². The first-order valence-corrected chi connectivity index (χ1v) is 12.4. The molecule has 0 bridgehead atoms. The van der Waals surface area contributed by atoms with Crippen molar-refractivity contribution in [2.24, 2.45) is 0 Å². The molecule has 0 aromatic heterocycles. The van der Waals surface area contributed by atoms with Gasteiger partial charge in [-0.25, -0.2) is 12.7 Å². The quantitative estimate of drug-likeness (QED) is 0.586. The zero-order valence-corrected chi connectivity index (χ0v) is 20.4. The van der Waals surface area contributed by atoms with Crippen LogP contribution in [0.15, 0.2) is 47.4 Å². The molecular weight excluding hydrogens is 489 g/mol. The zero-order valence-electron chi connectivity index (χ0n) is 18.0. The van der Waals surface area contributed by atoms with E-state index < -0.39 is 27.9 Å². The van der Waals surface area contributed by atoms with E-state index in [0.29, 0.717) is 26.5 Å². The second kappa shape index (κ2) is 10.1. The molecule has 176 valence electrons. The van der Waals surface area contributed by atoms with Crippen molar-refractivity contribution in [2.45, 2.75) is 37.8 Å². The SMILES string of the molecule is CCNC(=O)C(C)N(Cc1c(Cl)cccc1Cl)C(=O)CCN1C(=O)c2ccccc2S1(=O)=O. The van der Waals surface area contributed by atoms with Gasteiger partial charge in [0.1, 0.15) is 10.9 Å². The highest BCUT2D eigenvalue weighted by Crippen LogP contribution is 2.30. The highest BCUT2D eigenvalue weighted by atomic mass is 35.5. The predicted molar refractivity (Wildman–Crippen MR) is 124 cm³/mol. The van der Waals surface area contributed by atoms with Gasteiger partial charge in [-0.1, -0.05) is 41.4 Å². The minimum Gasteiger partial charge on any atom is -0.355 e. The molecule has 2 aromatic rings. The molecule has 0 spiro atoms. The lowest BCUT2D eigenvalue weighted by Crippen LogP contribution is -2.48. The van der Waals surface area contributed by atoms with Crippen LogP contribution in [0.3, 0.4) is 0 Å². The summed E-state index contributed by atoms with van der Waals surface area (Å²) in [5.41, 5.74) is 0.531. The number of rotatable bonds is 8. The number of halogens is 2. The number of nitrogens with one attached hydrogen (secondary N) is 1. The molecular formula is C22H23Cl2N3O5S.